The average Bonchev–Trinajstić information content (AvgIpc) is 3.04. The molecule has 1 aromatic carbocycles. The van der Waals surface area contributed by atoms with Gasteiger partial charge in [-0.15, -0.1) is 17.8 Å². The van der Waals surface area contributed by atoms with Gasteiger partial charge in [0.2, 0.25) is 0 Å². The Kier molecular flexibility index (Phi) is 5.73. The highest BCUT2D eigenvalue weighted by Crippen LogP contribution is 2.31. The monoisotopic (exact) mass is 378 g/mol. The molecule has 1 aromatic heterocycles. The molecule has 2 aromatic rings. The van der Waals surface area contributed by atoms with Gasteiger partial charge in [-0.3, -0.25) is 4.72 Å². The molecule has 0 saturated carbocycles. The molecule has 0 radical (unpaired) electrons. The summed E-state index contributed by atoms with van der Waals surface area (Å²) in [6.45, 7) is 1.99. The molecule has 0 aliphatic carbocycles. The van der Waals surface area contributed by atoms with Gasteiger partial charge in [-0.2, -0.15) is 0 Å². The number of nitrogens with one attached hydrogen (secondary N) is 1. The second-order valence-corrected chi connectivity index (χ2v) is 8.23. The van der Waals surface area contributed by atoms with Crippen LogP contribution in [0.4, 0.5) is 0 Å². The van der Waals surface area contributed by atoms with Crippen LogP contribution in [0.5, 0.6) is 0 Å². The number of aryl methyl sites for hydroxylation is 1. The molecule has 4 nitrogen and oxygen atoms in total. The first-order chi connectivity index (χ1) is 11.4. The van der Waals surface area contributed by atoms with Gasteiger partial charge in [0.05, 0.1) is 10.7 Å². The van der Waals surface area contributed by atoms with Gasteiger partial charge in [-0.25, -0.2) is 8.42 Å². The van der Waals surface area contributed by atoms with Crippen LogP contribution < -0.4 is 10.5 Å². The predicted molar refractivity (Wildman–Crippen MR) is 99.9 cm³/mol. The molecule has 0 amide bonds. The number of terminal acetylenes is 1. The van der Waals surface area contributed by atoms with Gasteiger partial charge in [0.25, 0.3) is 10.0 Å². The van der Waals surface area contributed by atoms with E-state index >= 15 is 0 Å². The summed E-state index contributed by atoms with van der Waals surface area (Å²) in [6.07, 6.45) is 7.40. The first-order valence-electron chi connectivity index (χ1n) is 6.81. The summed E-state index contributed by atoms with van der Waals surface area (Å²) in [5, 5.41) is 0.0406. The highest BCUT2D eigenvalue weighted by molar-refractivity contribution is 7.91. The second kappa shape index (κ2) is 7.58. The molecular weight excluding hydrogens is 364 g/mol. The second-order valence-electron chi connectivity index (χ2n) is 4.83. The molecule has 2 rings (SSSR count). The van der Waals surface area contributed by atoms with Crippen molar-refractivity contribution in [3.63, 3.8) is 0 Å². The summed E-state index contributed by atoms with van der Waals surface area (Å²) in [7, 11) is -3.80. The van der Waals surface area contributed by atoms with Crippen molar-refractivity contribution < 1.29 is 8.42 Å². The smallest absolute Gasteiger partial charge is 0.271 e. The van der Waals surface area contributed by atoms with Crippen molar-refractivity contribution in [2.45, 2.75) is 11.1 Å². The lowest BCUT2D eigenvalue weighted by Gasteiger charge is -2.08. The third kappa shape index (κ3) is 4.20. The number of thiophene rings is 1. The Bertz CT molecular complexity index is 934. The predicted octanol–water partition coefficient (Wildman–Crippen LogP) is 3.56. The number of halogens is 1. The number of rotatable bonds is 5. The highest BCUT2D eigenvalue weighted by Gasteiger charge is 2.19. The Morgan fingerprint density at radius 2 is 1.96 bits per heavy atom. The summed E-state index contributed by atoms with van der Waals surface area (Å²) in [5.74, 6) is 2.22. The summed E-state index contributed by atoms with van der Waals surface area (Å²) >= 11 is 7.06. The van der Waals surface area contributed by atoms with E-state index in [9.17, 15) is 8.42 Å². The third-order valence-corrected chi connectivity index (χ3v) is 6.36. The maximum Gasteiger partial charge on any atom is 0.271 e. The van der Waals surface area contributed by atoms with Crippen LogP contribution >= 0.6 is 22.9 Å². The van der Waals surface area contributed by atoms with E-state index in [1.807, 2.05) is 31.2 Å². The van der Waals surface area contributed by atoms with Crippen molar-refractivity contribution in [1.29, 1.82) is 0 Å². The lowest BCUT2D eigenvalue weighted by molar-refractivity contribution is 0.591. The number of nitrogens with two attached hydrogens (primary N) is 1. The van der Waals surface area contributed by atoms with E-state index in [-0.39, 0.29) is 14.9 Å². The van der Waals surface area contributed by atoms with Gasteiger partial charge >= 0.3 is 0 Å². The molecule has 0 aliphatic rings. The van der Waals surface area contributed by atoms with E-state index in [2.05, 4.69) is 10.6 Å². The van der Waals surface area contributed by atoms with Crippen molar-refractivity contribution in [2.24, 2.45) is 5.73 Å². The number of hydrogen-bond donors (Lipinski definition) is 2. The molecule has 3 N–H and O–H groups in total. The van der Waals surface area contributed by atoms with Crippen molar-refractivity contribution in [3.8, 4) is 22.8 Å². The molecule has 0 fully saturated rings. The summed E-state index contributed by atoms with van der Waals surface area (Å²) < 4.78 is 27.4. The Balaban J connectivity index is 2.30. The molecule has 24 heavy (non-hydrogen) atoms. The van der Waals surface area contributed by atoms with Crippen molar-refractivity contribution in [2.75, 3.05) is 0 Å². The molecule has 0 unspecified atom stereocenters. The molecule has 7 heteroatoms. The Labute approximate surface area is 150 Å². The zero-order valence-corrected chi connectivity index (χ0v) is 15.2. The zero-order valence-electron chi connectivity index (χ0n) is 12.8. The lowest BCUT2D eigenvalue weighted by atomic mass is 10.1. The fraction of sp³-hybridized carbons (Fsp3) is 0.0588. The van der Waals surface area contributed by atoms with Crippen LogP contribution in [0.15, 0.2) is 63.6 Å². The van der Waals surface area contributed by atoms with Crippen LogP contribution in [0.3, 0.4) is 0 Å². The fourth-order valence-electron chi connectivity index (χ4n) is 1.85. The number of hydrogen-bond acceptors (Lipinski definition) is 4. The standard InChI is InChI=1S/C17H15ClN2O2S2/c1-3-4-14(18)15(11-19)20-24(21,22)17-10-9-16(23-17)13-7-5-12(2)6-8-13/h1,4-11,20H,19H2,2H3/b14-4+,15-11+. The van der Waals surface area contributed by atoms with Gasteiger partial charge in [0.1, 0.15) is 4.21 Å². The Morgan fingerprint density at radius 1 is 1.29 bits per heavy atom. The van der Waals surface area contributed by atoms with Crippen molar-refractivity contribution >= 4 is 33.0 Å². The molecule has 0 saturated heterocycles. The van der Waals surface area contributed by atoms with Crippen LogP contribution in [0.1, 0.15) is 5.56 Å². The van der Waals surface area contributed by atoms with E-state index in [1.54, 1.807) is 6.07 Å². The minimum atomic E-state index is -3.80. The maximum atomic E-state index is 12.5. The molecular formula is C17H15ClN2O2S2. The summed E-state index contributed by atoms with van der Waals surface area (Å²) in [5.41, 5.74) is 7.54. The van der Waals surface area contributed by atoms with E-state index < -0.39 is 10.0 Å². The Morgan fingerprint density at radius 3 is 2.54 bits per heavy atom. The zero-order chi connectivity index (χ0) is 17.7. The van der Waals surface area contributed by atoms with E-state index in [1.165, 1.54) is 12.1 Å². The van der Waals surface area contributed by atoms with E-state index in [0.717, 1.165) is 33.5 Å². The molecule has 1 heterocycles. The molecule has 0 spiro atoms. The van der Waals surface area contributed by atoms with Gasteiger partial charge in [-0.05, 0) is 24.6 Å². The van der Waals surface area contributed by atoms with Crippen LogP contribution in [-0.4, -0.2) is 8.42 Å². The number of benzene rings is 1. The third-order valence-electron chi connectivity index (χ3n) is 3.06. The molecule has 124 valence electrons. The van der Waals surface area contributed by atoms with Crippen molar-refractivity contribution in [1.82, 2.24) is 4.72 Å². The SMILES string of the molecule is C#C/C=C(Cl)\C(=C/N)NS(=O)(=O)c1ccc(-c2ccc(C)cc2)s1. The minimum Gasteiger partial charge on any atom is -0.403 e. The first kappa shape index (κ1) is 18.1. The molecule has 0 aliphatic heterocycles. The van der Waals surface area contributed by atoms with Gasteiger partial charge in [0.15, 0.2) is 0 Å². The lowest BCUT2D eigenvalue weighted by Crippen LogP contribution is -2.23. The van der Waals surface area contributed by atoms with Crippen molar-refractivity contribution in [3.05, 3.63) is 65.0 Å². The van der Waals surface area contributed by atoms with Crippen LogP contribution in [0.25, 0.3) is 10.4 Å². The average molecular weight is 379 g/mol. The maximum absolute atomic E-state index is 12.5. The van der Waals surface area contributed by atoms with Gasteiger partial charge < -0.3 is 5.73 Å². The van der Waals surface area contributed by atoms with Crippen LogP contribution in [0, 0.1) is 19.3 Å². The summed E-state index contributed by atoms with van der Waals surface area (Å²) in [4.78, 5) is 0.846. The largest absolute Gasteiger partial charge is 0.403 e. The minimum absolute atomic E-state index is 0.0277. The Hall–Kier alpha value is -2.20. The van der Waals surface area contributed by atoms with Crippen LogP contribution in [0.2, 0.25) is 0 Å². The van der Waals surface area contributed by atoms with Gasteiger partial charge in [0, 0.05) is 17.2 Å². The normalized spacial score (nSPS) is 12.7. The number of sulfonamides is 1. The highest BCUT2D eigenvalue weighted by atomic mass is 35.5. The van der Waals surface area contributed by atoms with Crippen LogP contribution in [-0.2, 0) is 10.0 Å². The quantitative estimate of drug-likeness (QED) is 0.617. The fourth-order valence-corrected chi connectivity index (χ4v) is 4.47. The summed E-state index contributed by atoms with van der Waals surface area (Å²) in [6, 6.07) is 11.1. The molecule has 0 atom stereocenters. The number of allylic oxidation sites excluding steroid dienone is 2. The van der Waals surface area contributed by atoms with E-state index in [0.29, 0.717) is 0 Å². The first-order valence-corrected chi connectivity index (χ1v) is 9.49. The van der Waals surface area contributed by atoms with E-state index in [4.69, 9.17) is 23.8 Å². The molecule has 0 bridgehead atoms. The topological polar surface area (TPSA) is 72.2 Å². The van der Waals surface area contributed by atoms with Gasteiger partial charge in [-0.1, -0.05) is 47.4 Å².